The number of hydrogen-bond acceptors (Lipinski definition) is 8. The molecule has 1 aliphatic carbocycles. The predicted octanol–water partition coefficient (Wildman–Crippen LogP) is 3.14. The number of hydrogen-bond donors (Lipinski definition) is 2. The molecule has 5 atom stereocenters. The van der Waals surface area contributed by atoms with Gasteiger partial charge in [-0.05, 0) is 23.3 Å². The number of rotatable bonds is 6. The van der Waals surface area contributed by atoms with Crippen molar-refractivity contribution in [3.8, 4) is 23.0 Å². The molecule has 2 aliphatic rings. The summed E-state index contributed by atoms with van der Waals surface area (Å²) in [5.41, 5.74) is -2.26. The van der Waals surface area contributed by atoms with Crippen LogP contribution in [0.1, 0.15) is 22.6 Å². The first-order chi connectivity index (χ1) is 17.4. The van der Waals surface area contributed by atoms with Crippen LogP contribution in [0.5, 0.6) is 23.0 Å². The minimum atomic E-state index is -2.11. The second-order valence-corrected chi connectivity index (χ2v) is 8.94. The molecule has 0 amide bonds. The van der Waals surface area contributed by atoms with Gasteiger partial charge in [-0.25, -0.2) is 0 Å². The van der Waals surface area contributed by atoms with Crippen molar-refractivity contribution in [2.45, 2.75) is 23.2 Å². The number of carbonyl (C=O) groups excluding carboxylic acids is 1. The zero-order valence-corrected chi connectivity index (χ0v) is 20.4. The first-order valence-corrected chi connectivity index (χ1v) is 11.5. The number of benzene rings is 3. The fourth-order valence-electron chi connectivity index (χ4n) is 5.87. The van der Waals surface area contributed by atoms with Crippen LogP contribution >= 0.6 is 0 Å². The van der Waals surface area contributed by atoms with E-state index in [9.17, 15) is 15.0 Å². The van der Waals surface area contributed by atoms with E-state index in [0.717, 1.165) is 0 Å². The van der Waals surface area contributed by atoms with Crippen molar-refractivity contribution in [3.63, 3.8) is 0 Å². The molecule has 3 aromatic rings. The summed E-state index contributed by atoms with van der Waals surface area (Å²) in [4.78, 5) is 13.5. The van der Waals surface area contributed by atoms with Gasteiger partial charge in [-0.3, -0.25) is 4.79 Å². The lowest BCUT2D eigenvalue weighted by Gasteiger charge is -2.45. The lowest BCUT2D eigenvalue weighted by molar-refractivity contribution is -0.172. The molecule has 2 bridgehead atoms. The molecule has 0 aromatic heterocycles. The van der Waals surface area contributed by atoms with Gasteiger partial charge in [-0.1, -0.05) is 42.5 Å². The average molecular weight is 493 g/mol. The predicted molar refractivity (Wildman–Crippen MR) is 129 cm³/mol. The summed E-state index contributed by atoms with van der Waals surface area (Å²) < 4.78 is 28.3. The van der Waals surface area contributed by atoms with Crippen LogP contribution in [0.3, 0.4) is 0 Å². The van der Waals surface area contributed by atoms with Crippen molar-refractivity contribution in [3.05, 3.63) is 83.4 Å². The van der Waals surface area contributed by atoms with Gasteiger partial charge >= 0.3 is 5.97 Å². The highest BCUT2D eigenvalue weighted by atomic mass is 16.5. The van der Waals surface area contributed by atoms with Gasteiger partial charge in [0.05, 0.1) is 34.0 Å². The molecule has 8 heteroatoms. The molecule has 0 spiro atoms. The van der Waals surface area contributed by atoms with Crippen molar-refractivity contribution < 1.29 is 38.7 Å². The van der Waals surface area contributed by atoms with E-state index >= 15 is 0 Å². The van der Waals surface area contributed by atoms with E-state index in [0.29, 0.717) is 22.6 Å². The van der Waals surface area contributed by atoms with Gasteiger partial charge in [0.25, 0.3) is 0 Å². The normalized spacial score (nSPS) is 28.0. The van der Waals surface area contributed by atoms with Gasteiger partial charge in [0.2, 0.25) is 0 Å². The van der Waals surface area contributed by atoms with E-state index in [1.807, 2.05) is 30.3 Å². The number of fused-ring (bicyclic) bond motifs is 4. The minimum Gasteiger partial charge on any atom is -0.497 e. The Labute approximate surface area is 209 Å². The number of aliphatic hydroxyl groups excluding tert-OH is 1. The fourth-order valence-corrected chi connectivity index (χ4v) is 5.87. The molecular formula is C28H28O8. The topological polar surface area (TPSA) is 104 Å². The maximum atomic E-state index is 13.5. The van der Waals surface area contributed by atoms with Gasteiger partial charge in [-0.2, -0.15) is 0 Å². The van der Waals surface area contributed by atoms with Crippen molar-refractivity contribution in [1.29, 1.82) is 0 Å². The van der Waals surface area contributed by atoms with Crippen LogP contribution in [0, 0.1) is 5.92 Å². The van der Waals surface area contributed by atoms with Gasteiger partial charge in [0.15, 0.2) is 5.60 Å². The van der Waals surface area contributed by atoms with Gasteiger partial charge < -0.3 is 33.9 Å². The van der Waals surface area contributed by atoms with Crippen molar-refractivity contribution >= 4 is 5.97 Å². The molecular weight excluding hydrogens is 464 g/mol. The maximum absolute atomic E-state index is 13.5. The highest BCUT2D eigenvalue weighted by Crippen LogP contribution is 2.68. The number of esters is 1. The lowest BCUT2D eigenvalue weighted by Crippen LogP contribution is -2.54. The van der Waals surface area contributed by atoms with Crippen LogP contribution in [0.2, 0.25) is 0 Å². The average Bonchev–Trinajstić information content (AvgIpc) is 3.05. The Morgan fingerprint density at radius 3 is 2.14 bits per heavy atom. The molecule has 188 valence electrons. The number of ether oxygens (including phenoxy) is 5. The third-order valence-electron chi connectivity index (χ3n) is 7.42. The number of methoxy groups -OCH3 is 4. The summed E-state index contributed by atoms with van der Waals surface area (Å²) in [5, 5.41) is 24.5. The van der Waals surface area contributed by atoms with E-state index in [1.54, 1.807) is 43.5 Å². The first kappa shape index (κ1) is 24.0. The second kappa shape index (κ2) is 8.72. The van der Waals surface area contributed by atoms with Gasteiger partial charge in [0.1, 0.15) is 40.6 Å². The Morgan fingerprint density at radius 2 is 1.56 bits per heavy atom. The second-order valence-electron chi connectivity index (χ2n) is 8.94. The molecule has 8 nitrogen and oxygen atoms in total. The standard InChI is InChI=1S/C28H28O8/c1-32-18-12-10-17(11-13-18)28-22(16-8-6-5-7-9-16)24(25(29)35-4)27(31,26(28)30)23-20(34-3)14-19(33-2)15-21(23)36-28/h5-15,22,24,26,30-31H,1-4H3/t22-,24+,26+,27+,28+/m0/s1. The van der Waals surface area contributed by atoms with E-state index in [-0.39, 0.29) is 17.1 Å². The third-order valence-corrected chi connectivity index (χ3v) is 7.42. The quantitative estimate of drug-likeness (QED) is 0.506. The smallest absolute Gasteiger partial charge is 0.312 e. The summed E-state index contributed by atoms with van der Waals surface area (Å²) >= 11 is 0. The third kappa shape index (κ3) is 3.11. The van der Waals surface area contributed by atoms with E-state index in [2.05, 4.69) is 0 Å². The van der Waals surface area contributed by atoms with Gasteiger partial charge in [-0.15, -0.1) is 0 Å². The van der Waals surface area contributed by atoms with E-state index in [1.165, 1.54) is 21.3 Å². The summed E-state index contributed by atoms with van der Waals surface area (Å²) in [7, 11) is 5.76. The van der Waals surface area contributed by atoms with Crippen molar-refractivity contribution in [2.24, 2.45) is 5.92 Å². The summed E-state index contributed by atoms with van der Waals surface area (Å²) in [5.74, 6) is -1.25. The molecule has 2 N–H and O–H groups in total. The lowest BCUT2D eigenvalue weighted by atomic mass is 9.75. The van der Waals surface area contributed by atoms with Crippen LogP contribution in [0.4, 0.5) is 0 Å². The molecule has 1 saturated carbocycles. The molecule has 0 unspecified atom stereocenters. The zero-order valence-electron chi connectivity index (χ0n) is 20.4. The number of carbonyl (C=O) groups is 1. The Hall–Kier alpha value is -3.75. The summed E-state index contributed by atoms with van der Waals surface area (Å²) in [6.07, 6.45) is -1.57. The molecule has 36 heavy (non-hydrogen) atoms. The Balaban J connectivity index is 1.89. The molecule has 3 aromatic carbocycles. The monoisotopic (exact) mass is 492 g/mol. The largest absolute Gasteiger partial charge is 0.497 e. The van der Waals surface area contributed by atoms with Crippen LogP contribution in [0.15, 0.2) is 66.7 Å². The maximum Gasteiger partial charge on any atom is 0.312 e. The Morgan fingerprint density at radius 1 is 0.889 bits per heavy atom. The minimum absolute atomic E-state index is 0.163. The molecule has 1 aliphatic heterocycles. The van der Waals surface area contributed by atoms with Crippen molar-refractivity contribution in [2.75, 3.05) is 28.4 Å². The molecule has 1 fully saturated rings. The van der Waals surface area contributed by atoms with Crippen LogP contribution in [0.25, 0.3) is 0 Å². The van der Waals surface area contributed by atoms with Gasteiger partial charge in [0, 0.05) is 18.1 Å². The van der Waals surface area contributed by atoms with Crippen LogP contribution < -0.4 is 18.9 Å². The van der Waals surface area contributed by atoms with Crippen molar-refractivity contribution in [1.82, 2.24) is 0 Å². The Bertz CT molecular complexity index is 1270. The zero-order chi connectivity index (χ0) is 25.7. The molecule has 5 rings (SSSR count). The highest BCUT2D eigenvalue weighted by Gasteiger charge is 2.76. The fraction of sp³-hybridized carbons (Fsp3) is 0.321. The van der Waals surface area contributed by atoms with Crippen LogP contribution in [-0.4, -0.2) is 50.7 Å². The Kier molecular flexibility index (Phi) is 5.81. The molecule has 1 heterocycles. The first-order valence-electron chi connectivity index (χ1n) is 11.5. The van der Waals surface area contributed by atoms with E-state index < -0.39 is 35.1 Å². The molecule has 0 radical (unpaired) electrons. The molecule has 0 saturated heterocycles. The number of aliphatic hydroxyl groups is 2. The summed E-state index contributed by atoms with van der Waals surface area (Å²) in [6.45, 7) is 0. The highest BCUT2D eigenvalue weighted by molar-refractivity contribution is 5.80. The SMILES string of the molecule is COC(=O)[C@H]1[C@H](c2ccccc2)[C@@]2(c3ccc(OC)cc3)Oc3cc(OC)cc(OC)c3[C@]1(O)[C@H]2O. The van der Waals surface area contributed by atoms with E-state index in [4.69, 9.17) is 23.7 Å². The van der Waals surface area contributed by atoms with Crippen LogP contribution in [-0.2, 0) is 20.7 Å². The summed E-state index contributed by atoms with van der Waals surface area (Å²) in [6, 6.07) is 19.4.